The lowest BCUT2D eigenvalue weighted by atomic mass is 10.0. The summed E-state index contributed by atoms with van der Waals surface area (Å²) in [7, 11) is 0. The number of carbonyl (C=O) groups is 2. The molecule has 1 amide bonds. The zero-order chi connectivity index (χ0) is 15.1. The molecule has 0 heterocycles. The minimum absolute atomic E-state index is 0.181. The molecule has 20 heavy (non-hydrogen) atoms. The van der Waals surface area contributed by atoms with Gasteiger partial charge in [0, 0.05) is 0 Å². The summed E-state index contributed by atoms with van der Waals surface area (Å²) in [5, 5.41) is 11.5. The van der Waals surface area contributed by atoms with Gasteiger partial charge in [-0.25, -0.2) is 4.79 Å². The summed E-state index contributed by atoms with van der Waals surface area (Å²) in [5.74, 6) is -0.763. The van der Waals surface area contributed by atoms with E-state index in [1.807, 2.05) is 19.9 Å². The van der Waals surface area contributed by atoms with Crippen molar-refractivity contribution < 1.29 is 19.4 Å². The van der Waals surface area contributed by atoms with E-state index in [2.05, 4.69) is 21.2 Å². The van der Waals surface area contributed by atoms with Gasteiger partial charge in [-0.2, -0.15) is 0 Å². The molecular formula is C14H18BrNO4. The molecule has 0 aliphatic heterocycles. The number of nitrogens with one attached hydrogen (secondary N) is 1. The van der Waals surface area contributed by atoms with Gasteiger partial charge in [0.2, 0.25) is 0 Å². The predicted octanol–water partition coefficient (Wildman–Crippen LogP) is 2.44. The van der Waals surface area contributed by atoms with E-state index >= 15 is 0 Å². The molecule has 1 unspecified atom stereocenters. The number of carboxylic acids is 1. The number of hydrogen-bond donors (Lipinski definition) is 2. The Morgan fingerprint density at radius 1 is 1.35 bits per heavy atom. The number of rotatable bonds is 7. The summed E-state index contributed by atoms with van der Waals surface area (Å²) in [5.41, 5.74) is 0. The van der Waals surface area contributed by atoms with Crippen LogP contribution in [0.3, 0.4) is 0 Å². The largest absolute Gasteiger partial charge is 0.483 e. The number of hydrogen-bond acceptors (Lipinski definition) is 3. The molecule has 110 valence electrons. The van der Waals surface area contributed by atoms with Crippen LogP contribution in [0.1, 0.15) is 20.3 Å². The highest BCUT2D eigenvalue weighted by atomic mass is 79.9. The van der Waals surface area contributed by atoms with E-state index in [0.717, 1.165) is 4.47 Å². The Kier molecular flexibility index (Phi) is 6.51. The summed E-state index contributed by atoms with van der Waals surface area (Å²) in [6, 6.07) is 6.26. The molecule has 5 nitrogen and oxygen atoms in total. The average Bonchev–Trinajstić information content (AvgIpc) is 2.36. The van der Waals surface area contributed by atoms with Crippen molar-refractivity contribution in [2.24, 2.45) is 5.92 Å². The zero-order valence-electron chi connectivity index (χ0n) is 11.4. The van der Waals surface area contributed by atoms with Crippen LogP contribution in [-0.2, 0) is 9.59 Å². The molecule has 0 saturated carbocycles. The van der Waals surface area contributed by atoms with Gasteiger partial charge in [-0.15, -0.1) is 0 Å². The van der Waals surface area contributed by atoms with Crippen LogP contribution in [0.15, 0.2) is 28.7 Å². The topological polar surface area (TPSA) is 75.6 Å². The van der Waals surface area contributed by atoms with E-state index in [4.69, 9.17) is 9.84 Å². The molecule has 0 bridgehead atoms. The first-order valence-corrected chi connectivity index (χ1v) is 7.09. The van der Waals surface area contributed by atoms with Crippen LogP contribution >= 0.6 is 15.9 Å². The molecule has 1 aromatic rings. The normalized spacial score (nSPS) is 12.0. The highest BCUT2D eigenvalue weighted by Gasteiger charge is 2.21. The molecule has 6 heteroatoms. The number of benzene rings is 1. The molecule has 0 radical (unpaired) electrons. The van der Waals surface area contributed by atoms with Crippen molar-refractivity contribution in [1.29, 1.82) is 0 Å². The second-order valence-corrected chi connectivity index (χ2v) is 5.66. The number of aliphatic carboxylic acids is 1. The van der Waals surface area contributed by atoms with Gasteiger partial charge in [0.25, 0.3) is 5.91 Å². The van der Waals surface area contributed by atoms with Crippen molar-refractivity contribution in [2.45, 2.75) is 26.3 Å². The van der Waals surface area contributed by atoms with Crippen LogP contribution in [-0.4, -0.2) is 29.6 Å². The molecule has 1 atom stereocenters. The number of amides is 1. The number of para-hydroxylation sites is 1. The Labute approximate surface area is 126 Å². The molecule has 1 aromatic carbocycles. The Morgan fingerprint density at radius 3 is 2.55 bits per heavy atom. The Balaban J connectivity index is 2.50. The monoisotopic (exact) mass is 343 g/mol. The fourth-order valence-corrected chi connectivity index (χ4v) is 2.03. The van der Waals surface area contributed by atoms with E-state index < -0.39 is 17.9 Å². The number of carbonyl (C=O) groups excluding carboxylic acids is 1. The predicted molar refractivity (Wildman–Crippen MR) is 78.7 cm³/mol. The second-order valence-electron chi connectivity index (χ2n) is 4.81. The van der Waals surface area contributed by atoms with Gasteiger partial charge in [0.15, 0.2) is 6.61 Å². The van der Waals surface area contributed by atoms with Gasteiger partial charge in [-0.1, -0.05) is 26.0 Å². The SMILES string of the molecule is CC(C)CC(NC(=O)COc1ccccc1Br)C(=O)O. The summed E-state index contributed by atoms with van der Waals surface area (Å²) in [6.07, 6.45) is 0.385. The minimum Gasteiger partial charge on any atom is -0.483 e. The Morgan fingerprint density at radius 2 is 2.00 bits per heavy atom. The van der Waals surface area contributed by atoms with E-state index in [9.17, 15) is 9.59 Å². The number of halogens is 1. The van der Waals surface area contributed by atoms with Gasteiger partial charge >= 0.3 is 5.97 Å². The van der Waals surface area contributed by atoms with Gasteiger partial charge in [-0.3, -0.25) is 4.79 Å². The number of carboxylic acid groups (broad SMARTS) is 1. The minimum atomic E-state index is -1.03. The van der Waals surface area contributed by atoms with E-state index in [1.54, 1.807) is 18.2 Å². The maximum absolute atomic E-state index is 11.7. The summed E-state index contributed by atoms with van der Waals surface area (Å²) >= 11 is 3.30. The maximum atomic E-state index is 11.7. The summed E-state index contributed by atoms with van der Waals surface area (Å²) < 4.78 is 6.07. The fraction of sp³-hybridized carbons (Fsp3) is 0.429. The standard InChI is InChI=1S/C14H18BrNO4/c1-9(2)7-11(14(18)19)16-13(17)8-20-12-6-4-3-5-10(12)15/h3-6,9,11H,7-8H2,1-2H3,(H,16,17)(H,18,19). The van der Waals surface area contributed by atoms with E-state index in [-0.39, 0.29) is 12.5 Å². The van der Waals surface area contributed by atoms with Crippen molar-refractivity contribution in [3.05, 3.63) is 28.7 Å². The summed E-state index contributed by atoms with van der Waals surface area (Å²) in [4.78, 5) is 22.7. The lowest BCUT2D eigenvalue weighted by molar-refractivity contribution is -0.142. The van der Waals surface area contributed by atoms with Crippen LogP contribution in [0, 0.1) is 5.92 Å². The molecule has 0 aromatic heterocycles. The van der Waals surface area contributed by atoms with Gasteiger partial charge in [0.1, 0.15) is 11.8 Å². The molecular weight excluding hydrogens is 326 g/mol. The van der Waals surface area contributed by atoms with Crippen molar-refractivity contribution in [1.82, 2.24) is 5.32 Å². The highest BCUT2D eigenvalue weighted by molar-refractivity contribution is 9.10. The molecule has 1 rings (SSSR count). The van der Waals surface area contributed by atoms with Crippen LogP contribution in [0.25, 0.3) is 0 Å². The Hall–Kier alpha value is -1.56. The molecule has 0 aliphatic rings. The van der Waals surface area contributed by atoms with Crippen LogP contribution in [0.4, 0.5) is 0 Å². The fourth-order valence-electron chi connectivity index (χ4n) is 1.63. The molecule has 2 N–H and O–H groups in total. The van der Waals surface area contributed by atoms with Crippen molar-refractivity contribution in [2.75, 3.05) is 6.61 Å². The highest BCUT2D eigenvalue weighted by Crippen LogP contribution is 2.23. The van der Waals surface area contributed by atoms with Gasteiger partial charge < -0.3 is 15.2 Å². The smallest absolute Gasteiger partial charge is 0.326 e. The third-order valence-corrected chi connectivity index (χ3v) is 3.19. The van der Waals surface area contributed by atoms with Crippen LogP contribution in [0.5, 0.6) is 5.75 Å². The van der Waals surface area contributed by atoms with Gasteiger partial charge in [-0.05, 0) is 40.4 Å². The van der Waals surface area contributed by atoms with Crippen LogP contribution < -0.4 is 10.1 Å². The Bertz CT molecular complexity index is 476. The first-order valence-electron chi connectivity index (χ1n) is 6.29. The van der Waals surface area contributed by atoms with Crippen molar-refractivity contribution >= 4 is 27.8 Å². The quantitative estimate of drug-likeness (QED) is 0.797. The zero-order valence-corrected chi connectivity index (χ0v) is 13.0. The lowest BCUT2D eigenvalue weighted by Crippen LogP contribution is -2.43. The van der Waals surface area contributed by atoms with Crippen LogP contribution in [0.2, 0.25) is 0 Å². The lowest BCUT2D eigenvalue weighted by Gasteiger charge is -2.16. The maximum Gasteiger partial charge on any atom is 0.326 e. The van der Waals surface area contributed by atoms with Gasteiger partial charge in [0.05, 0.1) is 4.47 Å². The van der Waals surface area contributed by atoms with Crippen molar-refractivity contribution in [3.63, 3.8) is 0 Å². The van der Waals surface area contributed by atoms with Crippen molar-refractivity contribution in [3.8, 4) is 5.75 Å². The van der Waals surface area contributed by atoms with E-state index in [0.29, 0.717) is 12.2 Å². The molecule has 0 spiro atoms. The first-order chi connectivity index (χ1) is 9.40. The molecule has 0 aliphatic carbocycles. The third kappa shape index (κ3) is 5.61. The molecule has 0 saturated heterocycles. The molecule has 0 fully saturated rings. The summed E-state index contributed by atoms with van der Waals surface area (Å²) in [6.45, 7) is 3.59. The third-order valence-electron chi connectivity index (χ3n) is 2.54. The van der Waals surface area contributed by atoms with E-state index in [1.165, 1.54) is 0 Å². The average molecular weight is 344 g/mol. The number of ether oxygens (including phenoxy) is 1. The second kappa shape index (κ2) is 7.89. The first kappa shape index (κ1) is 16.5.